The van der Waals surface area contributed by atoms with Crippen LogP contribution < -0.4 is 0 Å². The molecule has 14 aromatic rings. The third-order valence-electron chi connectivity index (χ3n) is 13.6. The van der Waals surface area contributed by atoms with Crippen LogP contribution in [0.3, 0.4) is 0 Å². The maximum atomic E-state index is 6.75. The van der Waals surface area contributed by atoms with Crippen molar-refractivity contribution in [1.82, 2.24) is 24.1 Å². The average molecular weight is 882 g/mol. The Morgan fingerprint density at radius 3 is 1.42 bits per heavy atom. The predicted molar refractivity (Wildman–Crippen MR) is 283 cm³/mol. The molecule has 4 aromatic heterocycles. The molecule has 0 aliphatic carbocycles. The number of nitrogens with zero attached hydrogens (tertiary/aromatic N) is 5. The van der Waals surface area contributed by atoms with Crippen molar-refractivity contribution in [2.75, 3.05) is 0 Å². The first-order valence-electron chi connectivity index (χ1n) is 23.3. The Kier molecular flexibility index (Phi) is 8.79. The van der Waals surface area contributed by atoms with Gasteiger partial charge in [-0.2, -0.15) is 9.97 Å². The fraction of sp³-hybridized carbons (Fsp3) is 0. The van der Waals surface area contributed by atoms with E-state index < -0.39 is 0 Å². The predicted octanol–water partition coefficient (Wildman–Crippen LogP) is 16.3. The van der Waals surface area contributed by atoms with Crippen LogP contribution in [0, 0.1) is 0 Å². The fourth-order valence-electron chi connectivity index (χ4n) is 10.7. The van der Waals surface area contributed by atoms with Gasteiger partial charge in [-0.25, -0.2) is 4.98 Å². The van der Waals surface area contributed by atoms with Crippen molar-refractivity contribution in [1.29, 1.82) is 0 Å². The number of benzene rings is 10. The Balaban J connectivity index is 1.09. The summed E-state index contributed by atoms with van der Waals surface area (Å²) >= 11 is 0. The number of rotatable bonds is 7. The van der Waals surface area contributed by atoms with Crippen LogP contribution in [0.15, 0.2) is 241 Å². The van der Waals surface area contributed by atoms with Crippen LogP contribution in [0.5, 0.6) is 0 Å². The molecule has 6 heteroatoms. The van der Waals surface area contributed by atoms with E-state index in [9.17, 15) is 0 Å². The first kappa shape index (κ1) is 38.8. The Hall–Kier alpha value is -9.39. The van der Waals surface area contributed by atoms with Gasteiger partial charge < -0.3 is 8.98 Å². The highest BCUT2D eigenvalue weighted by Gasteiger charge is 2.26. The molecule has 0 spiro atoms. The number of furan rings is 1. The summed E-state index contributed by atoms with van der Waals surface area (Å²) < 4.78 is 11.5. The fourth-order valence-corrected chi connectivity index (χ4v) is 10.7. The molecule has 0 aliphatic heterocycles. The molecule has 10 aromatic carbocycles. The van der Waals surface area contributed by atoms with Crippen LogP contribution in [0.2, 0.25) is 0 Å². The molecule has 0 saturated heterocycles. The van der Waals surface area contributed by atoms with E-state index in [1.807, 2.05) is 30.3 Å². The van der Waals surface area contributed by atoms with Gasteiger partial charge in [0.1, 0.15) is 11.2 Å². The van der Waals surface area contributed by atoms with Crippen molar-refractivity contribution >= 4 is 65.6 Å². The molecular weight excluding hydrogens is 843 g/mol. The lowest BCUT2D eigenvalue weighted by Crippen LogP contribution is -2.07. The van der Waals surface area contributed by atoms with Crippen molar-refractivity contribution in [2.24, 2.45) is 0 Å². The van der Waals surface area contributed by atoms with Crippen molar-refractivity contribution in [2.45, 2.75) is 0 Å². The first-order chi connectivity index (χ1) is 34.3. The van der Waals surface area contributed by atoms with Crippen molar-refractivity contribution in [3.8, 4) is 67.8 Å². The molecule has 0 aliphatic rings. The van der Waals surface area contributed by atoms with Crippen LogP contribution in [-0.2, 0) is 0 Å². The molecule has 0 amide bonds. The second-order valence-electron chi connectivity index (χ2n) is 17.5. The molecule has 0 bridgehead atoms. The number of fused-ring (bicyclic) bond motifs is 10. The van der Waals surface area contributed by atoms with E-state index in [0.29, 0.717) is 17.6 Å². The highest BCUT2D eigenvalue weighted by atomic mass is 16.3. The van der Waals surface area contributed by atoms with E-state index in [1.165, 1.54) is 5.39 Å². The van der Waals surface area contributed by atoms with Crippen molar-refractivity contribution in [3.05, 3.63) is 237 Å². The lowest BCUT2D eigenvalue weighted by molar-refractivity contribution is 0.669. The zero-order chi connectivity index (χ0) is 45.4. The molecule has 0 unspecified atom stereocenters. The van der Waals surface area contributed by atoms with E-state index in [2.05, 4.69) is 215 Å². The molecule has 0 saturated carbocycles. The lowest BCUT2D eigenvalue weighted by atomic mass is 9.91. The Bertz CT molecular complexity index is 4300. The maximum Gasteiger partial charge on any atom is 0.238 e. The number of hydrogen-bond donors (Lipinski definition) is 0. The summed E-state index contributed by atoms with van der Waals surface area (Å²) in [5, 5.41) is 6.47. The third-order valence-corrected chi connectivity index (χ3v) is 13.6. The standard InChI is InChI=1S/C63H39N5O/c1-4-20-40(21-5-1)43-26-10-11-28-45(43)48-31-18-36-55-57(48)58-51(32-19-37-56(58)69-55)62-64-61(42-24-8-3-9-25-42)65-63(66-62)68-54-35-17-14-30-47(54)50-39-38-49-46-29-13-16-34-53(46)67(59(49)60(50)68)52-33-15-12-27-44(52)41-22-6-2-7-23-41/h1-39H. The largest absolute Gasteiger partial charge is 0.456 e. The summed E-state index contributed by atoms with van der Waals surface area (Å²) in [6.07, 6.45) is 0. The molecule has 0 fully saturated rings. The zero-order valence-electron chi connectivity index (χ0n) is 37.2. The summed E-state index contributed by atoms with van der Waals surface area (Å²) in [6, 6.07) is 83.2. The van der Waals surface area contributed by atoms with Gasteiger partial charge in [-0.15, -0.1) is 0 Å². The van der Waals surface area contributed by atoms with Gasteiger partial charge in [0.25, 0.3) is 0 Å². The van der Waals surface area contributed by atoms with Gasteiger partial charge in [-0.3, -0.25) is 4.57 Å². The summed E-state index contributed by atoms with van der Waals surface area (Å²) in [6.45, 7) is 0. The van der Waals surface area contributed by atoms with Gasteiger partial charge in [0.15, 0.2) is 11.6 Å². The molecule has 322 valence electrons. The zero-order valence-corrected chi connectivity index (χ0v) is 37.2. The second-order valence-corrected chi connectivity index (χ2v) is 17.5. The van der Waals surface area contributed by atoms with Crippen LogP contribution in [0.1, 0.15) is 0 Å². The maximum absolute atomic E-state index is 6.75. The normalized spacial score (nSPS) is 11.8. The molecule has 14 rings (SSSR count). The average Bonchev–Trinajstić information content (AvgIpc) is 4.10. The number of aromatic nitrogens is 5. The van der Waals surface area contributed by atoms with E-state index in [1.54, 1.807) is 0 Å². The smallest absolute Gasteiger partial charge is 0.238 e. The van der Waals surface area contributed by atoms with Crippen molar-refractivity contribution < 1.29 is 4.42 Å². The van der Waals surface area contributed by atoms with Gasteiger partial charge in [-0.1, -0.05) is 206 Å². The SMILES string of the molecule is c1ccc(-c2nc(-c3cccc4oc5cccc(-c6ccccc6-c6ccccc6)c5c34)nc(-n3c4ccccc4c4ccc5c6ccccc6n(-c6ccccc6-c6ccccc6)c5c43)n2)cc1. The van der Waals surface area contributed by atoms with Crippen LogP contribution in [0.4, 0.5) is 0 Å². The minimum absolute atomic E-state index is 0.519. The summed E-state index contributed by atoms with van der Waals surface area (Å²) in [5.41, 5.74) is 15.4. The lowest BCUT2D eigenvalue weighted by Gasteiger charge is -2.16. The Morgan fingerprint density at radius 2 is 0.754 bits per heavy atom. The van der Waals surface area contributed by atoms with Crippen LogP contribution >= 0.6 is 0 Å². The molecule has 0 radical (unpaired) electrons. The summed E-state index contributed by atoms with van der Waals surface area (Å²) in [5.74, 6) is 1.64. The summed E-state index contributed by atoms with van der Waals surface area (Å²) in [4.78, 5) is 16.4. The minimum atomic E-state index is 0.519. The topological polar surface area (TPSA) is 61.7 Å². The first-order valence-corrected chi connectivity index (χ1v) is 23.3. The van der Waals surface area contributed by atoms with Gasteiger partial charge in [-0.05, 0) is 58.1 Å². The highest BCUT2D eigenvalue weighted by molar-refractivity contribution is 6.24. The number of para-hydroxylation sites is 3. The minimum Gasteiger partial charge on any atom is -0.456 e. The molecular formula is C63H39N5O. The van der Waals surface area contributed by atoms with Gasteiger partial charge in [0, 0.05) is 49.0 Å². The second kappa shape index (κ2) is 15.6. The third kappa shape index (κ3) is 6.09. The molecule has 0 N–H and O–H groups in total. The van der Waals surface area contributed by atoms with Crippen LogP contribution in [-0.4, -0.2) is 24.1 Å². The van der Waals surface area contributed by atoms with E-state index in [0.717, 1.165) is 110 Å². The summed E-state index contributed by atoms with van der Waals surface area (Å²) in [7, 11) is 0. The molecule has 69 heavy (non-hydrogen) atoms. The van der Waals surface area contributed by atoms with Crippen molar-refractivity contribution in [3.63, 3.8) is 0 Å². The molecule has 4 heterocycles. The Labute approximate surface area is 396 Å². The van der Waals surface area contributed by atoms with Gasteiger partial charge >= 0.3 is 0 Å². The molecule has 6 nitrogen and oxygen atoms in total. The highest BCUT2D eigenvalue weighted by Crippen LogP contribution is 2.46. The monoisotopic (exact) mass is 881 g/mol. The van der Waals surface area contributed by atoms with Gasteiger partial charge in [0.05, 0.1) is 27.8 Å². The van der Waals surface area contributed by atoms with E-state index in [-0.39, 0.29) is 0 Å². The van der Waals surface area contributed by atoms with E-state index >= 15 is 0 Å². The number of hydrogen-bond acceptors (Lipinski definition) is 4. The van der Waals surface area contributed by atoms with Gasteiger partial charge in [0.2, 0.25) is 5.95 Å². The van der Waals surface area contributed by atoms with Crippen LogP contribution in [0.25, 0.3) is 133 Å². The quantitative estimate of drug-likeness (QED) is 0.160. The Morgan fingerprint density at radius 1 is 0.290 bits per heavy atom. The van der Waals surface area contributed by atoms with E-state index in [4.69, 9.17) is 19.4 Å². The molecule has 0 atom stereocenters.